The van der Waals surface area contributed by atoms with E-state index in [9.17, 15) is 9.59 Å². The smallest absolute Gasteiger partial charge is 0.251 e. The fraction of sp³-hybridized carbons (Fsp3) is 0.440. The molecule has 0 heterocycles. The molecule has 31 heavy (non-hydrogen) atoms. The molecule has 2 aromatic carbocycles. The van der Waals surface area contributed by atoms with Crippen LogP contribution < -0.4 is 20.1 Å². The number of hydrogen-bond donors (Lipinski definition) is 2. The van der Waals surface area contributed by atoms with Crippen LogP contribution in [0, 0.1) is 11.8 Å². The Hall–Kier alpha value is -3.02. The molecule has 0 aliphatic rings. The lowest BCUT2D eigenvalue weighted by molar-refractivity contribution is 0.0912. The minimum absolute atomic E-state index is 0.208. The molecule has 0 aromatic heterocycles. The molecule has 1 atom stereocenters. The molecular formula is C25H34N2O4. The Bertz CT molecular complexity index is 864. The number of carbonyl (C=O) groups excluding carboxylic acids is 2. The van der Waals surface area contributed by atoms with Gasteiger partial charge in [0.05, 0.1) is 13.2 Å². The first kappa shape index (κ1) is 24.3. The first-order valence-electron chi connectivity index (χ1n) is 10.8. The van der Waals surface area contributed by atoms with Crippen molar-refractivity contribution in [1.29, 1.82) is 0 Å². The second kappa shape index (κ2) is 12.0. The van der Waals surface area contributed by atoms with Crippen LogP contribution in [0.15, 0.2) is 48.5 Å². The monoisotopic (exact) mass is 426 g/mol. The Balaban J connectivity index is 1.85. The van der Waals surface area contributed by atoms with Crippen LogP contribution in [-0.4, -0.2) is 37.6 Å². The lowest BCUT2D eigenvalue weighted by atomic mass is 10.1. The van der Waals surface area contributed by atoms with Crippen LogP contribution in [0.1, 0.15) is 55.3 Å². The van der Waals surface area contributed by atoms with E-state index in [-0.39, 0.29) is 17.9 Å². The third-order valence-corrected chi connectivity index (χ3v) is 4.31. The van der Waals surface area contributed by atoms with Gasteiger partial charge in [-0.05, 0) is 55.2 Å². The molecule has 0 spiro atoms. The molecule has 0 fully saturated rings. The van der Waals surface area contributed by atoms with Crippen molar-refractivity contribution in [2.24, 2.45) is 11.8 Å². The van der Waals surface area contributed by atoms with E-state index in [0.29, 0.717) is 54.2 Å². The van der Waals surface area contributed by atoms with Crippen LogP contribution in [0.4, 0.5) is 0 Å². The van der Waals surface area contributed by atoms with Gasteiger partial charge in [-0.3, -0.25) is 9.59 Å². The van der Waals surface area contributed by atoms with Crippen molar-refractivity contribution in [1.82, 2.24) is 10.6 Å². The van der Waals surface area contributed by atoms with Gasteiger partial charge < -0.3 is 20.1 Å². The highest BCUT2D eigenvalue weighted by atomic mass is 16.5. The molecule has 2 aromatic rings. The molecule has 2 rings (SSSR count). The van der Waals surface area contributed by atoms with E-state index in [1.54, 1.807) is 36.4 Å². The zero-order chi connectivity index (χ0) is 22.8. The zero-order valence-corrected chi connectivity index (χ0v) is 19.1. The van der Waals surface area contributed by atoms with Crippen molar-refractivity contribution in [2.75, 3.05) is 19.8 Å². The number of amides is 2. The van der Waals surface area contributed by atoms with Crippen LogP contribution in [0.25, 0.3) is 0 Å². The van der Waals surface area contributed by atoms with Gasteiger partial charge in [-0.25, -0.2) is 0 Å². The van der Waals surface area contributed by atoms with Crippen LogP contribution >= 0.6 is 0 Å². The summed E-state index contributed by atoms with van der Waals surface area (Å²) in [6, 6.07) is 14.0. The van der Waals surface area contributed by atoms with Crippen molar-refractivity contribution in [2.45, 2.75) is 40.7 Å². The molecule has 6 heteroatoms. The zero-order valence-electron chi connectivity index (χ0n) is 19.1. The molecule has 2 N–H and O–H groups in total. The number of nitrogens with one attached hydrogen (secondary N) is 2. The SMILES string of the molecule is CC(C)COc1cccc(C(=O)NCC(C)NC(=O)c2cccc(OCC(C)C)c2)c1. The largest absolute Gasteiger partial charge is 0.493 e. The minimum Gasteiger partial charge on any atom is -0.493 e. The van der Waals surface area contributed by atoms with Gasteiger partial charge in [-0.15, -0.1) is 0 Å². The van der Waals surface area contributed by atoms with Crippen molar-refractivity contribution in [3.8, 4) is 11.5 Å². The number of rotatable bonds is 11. The molecule has 0 saturated carbocycles. The van der Waals surface area contributed by atoms with Gasteiger partial charge in [0.2, 0.25) is 0 Å². The van der Waals surface area contributed by atoms with Gasteiger partial charge in [-0.2, -0.15) is 0 Å². The van der Waals surface area contributed by atoms with E-state index < -0.39 is 0 Å². The van der Waals surface area contributed by atoms with Crippen LogP contribution in [0.5, 0.6) is 11.5 Å². The average Bonchev–Trinajstić information content (AvgIpc) is 2.75. The van der Waals surface area contributed by atoms with Gasteiger partial charge >= 0.3 is 0 Å². The van der Waals surface area contributed by atoms with Gasteiger partial charge in [-0.1, -0.05) is 39.8 Å². The summed E-state index contributed by atoms with van der Waals surface area (Å²) in [6.07, 6.45) is 0. The Morgan fingerprint density at radius 1 is 0.774 bits per heavy atom. The van der Waals surface area contributed by atoms with E-state index >= 15 is 0 Å². The minimum atomic E-state index is -0.239. The van der Waals surface area contributed by atoms with Crippen LogP contribution in [0.3, 0.4) is 0 Å². The Kier molecular flexibility index (Phi) is 9.38. The normalized spacial score (nSPS) is 11.8. The van der Waals surface area contributed by atoms with Gasteiger partial charge in [0.25, 0.3) is 11.8 Å². The molecular weight excluding hydrogens is 392 g/mol. The Labute approximate surface area is 185 Å². The highest BCUT2D eigenvalue weighted by molar-refractivity contribution is 5.95. The maximum absolute atomic E-state index is 12.5. The first-order chi connectivity index (χ1) is 14.7. The molecule has 0 saturated heterocycles. The number of benzene rings is 2. The summed E-state index contributed by atoms with van der Waals surface area (Å²) in [4.78, 5) is 25.0. The average molecular weight is 427 g/mol. The fourth-order valence-electron chi connectivity index (χ4n) is 2.69. The predicted molar refractivity (Wildman–Crippen MR) is 123 cm³/mol. The van der Waals surface area contributed by atoms with E-state index in [2.05, 4.69) is 38.3 Å². The molecule has 2 amide bonds. The fourth-order valence-corrected chi connectivity index (χ4v) is 2.69. The summed E-state index contributed by atoms with van der Waals surface area (Å²) in [5, 5.41) is 5.76. The van der Waals surface area contributed by atoms with Gasteiger partial charge in [0.15, 0.2) is 0 Å². The third kappa shape index (κ3) is 8.70. The first-order valence-corrected chi connectivity index (χ1v) is 10.8. The maximum Gasteiger partial charge on any atom is 0.251 e. The van der Waals surface area contributed by atoms with E-state index in [1.807, 2.05) is 19.1 Å². The quantitative estimate of drug-likeness (QED) is 0.562. The van der Waals surface area contributed by atoms with Crippen molar-refractivity contribution < 1.29 is 19.1 Å². The number of carbonyl (C=O) groups is 2. The summed E-state index contributed by atoms with van der Waals surface area (Å²) in [5.41, 5.74) is 1.05. The van der Waals surface area contributed by atoms with Crippen LogP contribution in [-0.2, 0) is 0 Å². The summed E-state index contributed by atoms with van der Waals surface area (Å²) in [7, 11) is 0. The molecule has 1 unspecified atom stereocenters. The second-order valence-electron chi connectivity index (χ2n) is 8.55. The van der Waals surface area contributed by atoms with Crippen LogP contribution in [0.2, 0.25) is 0 Å². The van der Waals surface area contributed by atoms with E-state index in [4.69, 9.17) is 9.47 Å². The van der Waals surface area contributed by atoms with Crippen molar-refractivity contribution in [3.63, 3.8) is 0 Å². The lowest BCUT2D eigenvalue weighted by Crippen LogP contribution is -2.41. The topological polar surface area (TPSA) is 76.7 Å². The van der Waals surface area contributed by atoms with Gasteiger partial charge in [0.1, 0.15) is 11.5 Å². The number of ether oxygens (including phenoxy) is 2. The lowest BCUT2D eigenvalue weighted by Gasteiger charge is -2.16. The summed E-state index contributed by atoms with van der Waals surface area (Å²) in [6.45, 7) is 11.6. The Morgan fingerprint density at radius 2 is 1.26 bits per heavy atom. The molecule has 0 bridgehead atoms. The second-order valence-corrected chi connectivity index (χ2v) is 8.55. The standard InChI is InChI=1S/C25H34N2O4/c1-17(2)15-30-22-10-6-8-20(12-22)24(28)26-14-19(5)27-25(29)21-9-7-11-23(13-21)31-16-18(3)4/h6-13,17-19H,14-16H2,1-5H3,(H,26,28)(H,27,29). The van der Waals surface area contributed by atoms with Crippen molar-refractivity contribution in [3.05, 3.63) is 59.7 Å². The maximum atomic E-state index is 12.5. The predicted octanol–water partition coefficient (Wildman–Crippen LogP) is 4.30. The Morgan fingerprint density at radius 3 is 1.74 bits per heavy atom. The summed E-state index contributed by atoms with van der Waals surface area (Å²) in [5.74, 6) is 1.73. The molecule has 6 nitrogen and oxygen atoms in total. The van der Waals surface area contributed by atoms with E-state index in [1.165, 1.54) is 0 Å². The van der Waals surface area contributed by atoms with Crippen molar-refractivity contribution >= 4 is 11.8 Å². The van der Waals surface area contributed by atoms with Gasteiger partial charge in [0, 0.05) is 23.7 Å². The molecule has 0 radical (unpaired) electrons. The highest BCUT2D eigenvalue weighted by Crippen LogP contribution is 2.15. The molecule has 0 aliphatic carbocycles. The molecule has 168 valence electrons. The number of hydrogen-bond acceptors (Lipinski definition) is 4. The summed E-state index contributed by atoms with van der Waals surface area (Å²) >= 11 is 0. The molecule has 0 aliphatic heterocycles. The highest BCUT2D eigenvalue weighted by Gasteiger charge is 2.13. The third-order valence-electron chi connectivity index (χ3n) is 4.31. The van der Waals surface area contributed by atoms with E-state index in [0.717, 1.165) is 0 Å². The summed E-state index contributed by atoms with van der Waals surface area (Å²) < 4.78 is 11.4.